The van der Waals surface area contributed by atoms with Gasteiger partial charge in [0.25, 0.3) is 0 Å². The SMILES string of the molecule is CCC(C)(CC)C(O)C(C)(C)COCC(C)(C)C(O)C(C)(C)CSSN. The van der Waals surface area contributed by atoms with Crippen molar-refractivity contribution in [2.24, 2.45) is 26.8 Å². The van der Waals surface area contributed by atoms with Gasteiger partial charge in [-0.25, -0.2) is 0 Å². The molecule has 0 saturated carbocycles. The Morgan fingerprint density at radius 1 is 0.808 bits per heavy atom. The largest absolute Gasteiger partial charge is 0.392 e. The van der Waals surface area contributed by atoms with Crippen molar-refractivity contribution in [1.82, 2.24) is 0 Å². The summed E-state index contributed by atoms with van der Waals surface area (Å²) in [4.78, 5) is 0. The Kier molecular flexibility index (Phi) is 10.6. The Hall–Kier alpha value is 0.540. The highest BCUT2D eigenvalue weighted by atomic mass is 33.1. The van der Waals surface area contributed by atoms with E-state index in [1.807, 2.05) is 13.8 Å². The lowest BCUT2D eigenvalue weighted by Gasteiger charge is -2.44. The number of ether oxygens (including phenoxy) is 1. The van der Waals surface area contributed by atoms with Crippen molar-refractivity contribution in [3.8, 4) is 0 Å². The third kappa shape index (κ3) is 7.17. The maximum atomic E-state index is 10.9. The number of nitrogens with two attached hydrogens (primary N) is 1. The van der Waals surface area contributed by atoms with Crippen molar-refractivity contribution in [3.05, 3.63) is 0 Å². The van der Waals surface area contributed by atoms with Crippen LogP contribution < -0.4 is 5.14 Å². The second-order valence-corrected chi connectivity index (χ2v) is 12.0. The van der Waals surface area contributed by atoms with Gasteiger partial charge in [-0.1, -0.05) is 73.1 Å². The molecule has 0 rings (SSSR count). The molecule has 0 aliphatic heterocycles. The van der Waals surface area contributed by atoms with Gasteiger partial charge in [0.15, 0.2) is 0 Å². The lowest BCUT2D eigenvalue weighted by Crippen LogP contribution is -2.48. The molecule has 158 valence electrons. The number of hydrogen-bond donors (Lipinski definition) is 3. The minimum atomic E-state index is -0.515. The smallest absolute Gasteiger partial charge is 0.0672 e. The minimum Gasteiger partial charge on any atom is -0.392 e. The van der Waals surface area contributed by atoms with Crippen LogP contribution in [0.3, 0.4) is 0 Å². The Morgan fingerprint density at radius 2 is 1.23 bits per heavy atom. The molecule has 26 heavy (non-hydrogen) atoms. The predicted molar refractivity (Wildman–Crippen MR) is 117 cm³/mol. The standard InChI is InChI=1S/C20H43NO3S2/c1-10-20(9,11-2)16(23)18(5,6)13-24-12-17(3,4)15(22)19(7,8)14-25-26-21/h15-16,22-23H,10-14,21H2,1-9H3. The van der Waals surface area contributed by atoms with Crippen molar-refractivity contribution in [2.75, 3.05) is 19.0 Å². The van der Waals surface area contributed by atoms with Gasteiger partial charge in [0.2, 0.25) is 0 Å². The van der Waals surface area contributed by atoms with Crippen LogP contribution in [0.25, 0.3) is 0 Å². The van der Waals surface area contributed by atoms with Crippen LogP contribution in [0.15, 0.2) is 0 Å². The van der Waals surface area contributed by atoms with Gasteiger partial charge in [-0.15, -0.1) is 0 Å². The van der Waals surface area contributed by atoms with Gasteiger partial charge < -0.3 is 14.9 Å². The molecular weight excluding hydrogens is 366 g/mol. The fourth-order valence-corrected chi connectivity index (χ4v) is 5.28. The van der Waals surface area contributed by atoms with E-state index >= 15 is 0 Å². The van der Waals surface area contributed by atoms with E-state index in [0.717, 1.165) is 18.6 Å². The predicted octanol–water partition coefficient (Wildman–Crippen LogP) is 4.88. The average Bonchev–Trinajstić information content (AvgIpc) is 2.57. The molecule has 0 heterocycles. The summed E-state index contributed by atoms with van der Waals surface area (Å²) in [5, 5.41) is 27.3. The molecule has 0 aliphatic rings. The van der Waals surface area contributed by atoms with Gasteiger partial charge in [-0.3, -0.25) is 5.14 Å². The van der Waals surface area contributed by atoms with Crippen molar-refractivity contribution in [2.45, 2.75) is 87.4 Å². The highest BCUT2D eigenvalue weighted by Crippen LogP contribution is 2.41. The minimum absolute atomic E-state index is 0.110. The lowest BCUT2D eigenvalue weighted by atomic mass is 9.68. The van der Waals surface area contributed by atoms with Crippen LogP contribution in [-0.2, 0) is 4.74 Å². The van der Waals surface area contributed by atoms with Crippen LogP contribution in [-0.4, -0.2) is 41.4 Å². The third-order valence-electron chi connectivity index (χ3n) is 5.94. The summed E-state index contributed by atoms with van der Waals surface area (Å²) in [7, 11) is 2.79. The van der Waals surface area contributed by atoms with E-state index in [4.69, 9.17) is 9.88 Å². The zero-order valence-corrected chi connectivity index (χ0v) is 20.0. The molecule has 0 bridgehead atoms. The molecule has 0 saturated heterocycles. The average molecular weight is 410 g/mol. The molecule has 6 heteroatoms. The molecule has 4 N–H and O–H groups in total. The Morgan fingerprint density at radius 3 is 1.62 bits per heavy atom. The lowest BCUT2D eigenvalue weighted by molar-refractivity contribution is -0.117. The van der Waals surface area contributed by atoms with E-state index in [1.165, 1.54) is 11.0 Å². The number of rotatable bonds is 13. The zero-order valence-electron chi connectivity index (χ0n) is 18.4. The fourth-order valence-electron chi connectivity index (χ4n) is 3.64. The second kappa shape index (κ2) is 10.4. The Labute approximate surface area is 169 Å². The molecule has 0 spiro atoms. The Bertz CT molecular complexity index is 410. The topological polar surface area (TPSA) is 75.7 Å². The van der Waals surface area contributed by atoms with Crippen molar-refractivity contribution < 1.29 is 14.9 Å². The van der Waals surface area contributed by atoms with E-state index in [2.05, 4.69) is 48.5 Å². The number of aliphatic hydroxyl groups excluding tert-OH is 2. The molecule has 4 nitrogen and oxygen atoms in total. The van der Waals surface area contributed by atoms with Crippen LogP contribution in [0.2, 0.25) is 0 Å². The van der Waals surface area contributed by atoms with Gasteiger partial charge in [0, 0.05) is 22.0 Å². The normalized spacial score (nSPS) is 16.6. The highest BCUT2D eigenvalue weighted by molar-refractivity contribution is 8.75. The van der Waals surface area contributed by atoms with Crippen LogP contribution in [0.5, 0.6) is 0 Å². The van der Waals surface area contributed by atoms with E-state index in [1.54, 1.807) is 10.8 Å². The van der Waals surface area contributed by atoms with Gasteiger partial charge in [0.05, 0.1) is 25.4 Å². The van der Waals surface area contributed by atoms with E-state index < -0.39 is 12.2 Å². The maximum Gasteiger partial charge on any atom is 0.0672 e. The van der Waals surface area contributed by atoms with Crippen molar-refractivity contribution in [3.63, 3.8) is 0 Å². The monoisotopic (exact) mass is 409 g/mol. The van der Waals surface area contributed by atoms with Gasteiger partial charge >= 0.3 is 0 Å². The molecule has 2 unspecified atom stereocenters. The number of hydrogen-bond acceptors (Lipinski definition) is 6. The molecule has 0 amide bonds. The first kappa shape index (κ1) is 26.5. The molecule has 0 aromatic carbocycles. The first-order valence-electron chi connectivity index (χ1n) is 9.62. The highest BCUT2D eigenvalue weighted by Gasteiger charge is 2.42. The quantitative estimate of drug-likeness (QED) is 0.297. The molecule has 0 radical (unpaired) electrons. The number of aliphatic hydroxyl groups is 2. The molecule has 2 atom stereocenters. The molecular formula is C20H43NO3S2. The van der Waals surface area contributed by atoms with Crippen LogP contribution >= 0.6 is 21.8 Å². The summed E-state index contributed by atoms with van der Waals surface area (Å²) in [6.07, 6.45) is 0.916. The third-order valence-corrected chi connectivity index (χ3v) is 7.70. The molecule has 0 fully saturated rings. The fraction of sp³-hybridized carbons (Fsp3) is 1.00. The van der Waals surface area contributed by atoms with Gasteiger partial charge in [-0.05, 0) is 29.2 Å². The molecule has 0 aliphatic carbocycles. The summed E-state index contributed by atoms with van der Waals surface area (Å²) in [5.74, 6) is 0.772. The summed E-state index contributed by atoms with van der Waals surface area (Å²) in [6.45, 7) is 19.6. The first-order valence-corrected chi connectivity index (χ1v) is 12.0. The van der Waals surface area contributed by atoms with Gasteiger partial charge in [0.1, 0.15) is 0 Å². The maximum absolute atomic E-state index is 10.9. The Balaban J connectivity index is 4.86. The van der Waals surface area contributed by atoms with Gasteiger partial charge in [-0.2, -0.15) is 0 Å². The van der Waals surface area contributed by atoms with Crippen LogP contribution in [0.4, 0.5) is 0 Å². The van der Waals surface area contributed by atoms with E-state index in [0.29, 0.717) is 13.2 Å². The summed E-state index contributed by atoms with van der Waals surface area (Å²) in [6, 6.07) is 0. The summed E-state index contributed by atoms with van der Waals surface area (Å²) < 4.78 is 6.03. The second-order valence-electron chi connectivity index (χ2n) is 9.98. The molecule has 0 aromatic heterocycles. The summed E-state index contributed by atoms with van der Waals surface area (Å²) >= 11 is 0. The zero-order chi connectivity index (χ0) is 20.8. The molecule has 0 aromatic rings. The van der Waals surface area contributed by atoms with Crippen molar-refractivity contribution in [1.29, 1.82) is 0 Å². The van der Waals surface area contributed by atoms with E-state index in [-0.39, 0.29) is 21.7 Å². The van der Waals surface area contributed by atoms with E-state index in [9.17, 15) is 10.2 Å². The summed E-state index contributed by atoms with van der Waals surface area (Å²) in [5.41, 5.74) is -1.10. The first-order chi connectivity index (χ1) is 11.7. The van der Waals surface area contributed by atoms with Crippen LogP contribution in [0.1, 0.15) is 75.2 Å². The van der Waals surface area contributed by atoms with Crippen molar-refractivity contribution >= 4 is 21.8 Å². The van der Waals surface area contributed by atoms with Crippen LogP contribution in [0, 0.1) is 21.7 Å².